The number of nitrogens with zero attached hydrogens (tertiary/aromatic N) is 2. The standard InChI is InChI=1S/C25H24N2O5/c1-30-12-6-11-27-16-20(13-19(15-26)25(27)29)24(28)22-14-21(31-2)9-10-23(22)32-17-18-7-4-3-5-8-18/h3-5,7-10,13-14,16H,6,11-12,17H2,1-2H3. The summed E-state index contributed by atoms with van der Waals surface area (Å²) in [5.74, 6) is 0.508. The first kappa shape index (κ1) is 22.8. The molecule has 0 N–H and O–H groups in total. The lowest BCUT2D eigenvalue weighted by Crippen LogP contribution is -2.24. The van der Waals surface area contributed by atoms with E-state index in [4.69, 9.17) is 14.2 Å². The van der Waals surface area contributed by atoms with Gasteiger partial charge >= 0.3 is 0 Å². The Bertz CT molecular complexity index is 1180. The van der Waals surface area contributed by atoms with Crippen molar-refractivity contribution in [2.45, 2.75) is 19.6 Å². The highest BCUT2D eigenvalue weighted by atomic mass is 16.5. The van der Waals surface area contributed by atoms with E-state index in [1.807, 2.05) is 36.4 Å². The van der Waals surface area contributed by atoms with Gasteiger partial charge in [-0.3, -0.25) is 9.59 Å². The van der Waals surface area contributed by atoms with Crippen LogP contribution < -0.4 is 15.0 Å². The molecular formula is C25H24N2O5. The summed E-state index contributed by atoms with van der Waals surface area (Å²) in [4.78, 5) is 25.9. The Labute approximate surface area is 186 Å². The maximum absolute atomic E-state index is 13.4. The fourth-order valence-electron chi connectivity index (χ4n) is 3.22. The maximum Gasteiger partial charge on any atom is 0.268 e. The molecule has 1 heterocycles. The largest absolute Gasteiger partial charge is 0.497 e. The Balaban J connectivity index is 1.97. The molecule has 32 heavy (non-hydrogen) atoms. The number of ketones is 1. The van der Waals surface area contributed by atoms with Gasteiger partial charge in [0.1, 0.15) is 29.7 Å². The number of carbonyl (C=O) groups excluding carboxylic acids is 1. The van der Waals surface area contributed by atoms with Crippen molar-refractivity contribution < 1.29 is 19.0 Å². The summed E-state index contributed by atoms with van der Waals surface area (Å²) in [5, 5.41) is 9.39. The highest BCUT2D eigenvalue weighted by molar-refractivity contribution is 6.11. The number of carbonyl (C=O) groups is 1. The lowest BCUT2D eigenvalue weighted by Gasteiger charge is -2.14. The van der Waals surface area contributed by atoms with Crippen molar-refractivity contribution in [2.75, 3.05) is 20.8 Å². The van der Waals surface area contributed by atoms with Gasteiger partial charge < -0.3 is 18.8 Å². The minimum absolute atomic E-state index is 0.0945. The van der Waals surface area contributed by atoms with E-state index in [0.29, 0.717) is 31.1 Å². The van der Waals surface area contributed by atoms with E-state index >= 15 is 0 Å². The van der Waals surface area contributed by atoms with E-state index < -0.39 is 5.56 Å². The van der Waals surface area contributed by atoms with Gasteiger partial charge in [-0.15, -0.1) is 0 Å². The number of hydrogen-bond donors (Lipinski definition) is 0. The minimum Gasteiger partial charge on any atom is -0.497 e. The van der Waals surface area contributed by atoms with Crippen LogP contribution >= 0.6 is 0 Å². The first-order chi connectivity index (χ1) is 15.6. The molecule has 0 aliphatic carbocycles. The van der Waals surface area contributed by atoms with E-state index in [-0.39, 0.29) is 29.1 Å². The molecule has 0 unspecified atom stereocenters. The topological polar surface area (TPSA) is 90.5 Å². The van der Waals surface area contributed by atoms with Crippen LogP contribution in [0.25, 0.3) is 0 Å². The molecule has 0 amide bonds. The van der Waals surface area contributed by atoms with Gasteiger partial charge in [0, 0.05) is 32.0 Å². The average molecular weight is 432 g/mol. The molecule has 164 valence electrons. The summed E-state index contributed by atoms with van der Waals surface area (Å²) in [6, 6.07) is 17.8. The molecule has 7 heteroatoms. The van der Waals surface area contributed by atoms with Gasteiger partial charge in [-0.05, 0) is 36.2 Å². The summed E-state index contributed by atoms with van der Waals surface area (Å²) in [6.07, 6.45) is 2.05. The van der Waals surface area contributed by atoms with Crippen LogP contribution in [-0.4, -0.2) is 31.2 Å². The Hall–Kier alpha value is -3.89. The van der Waals surface area contributed by atoms with Crippen LogP contribution in [0.15, 0.2) is 65.6 Å². The molecule has 3 aromatic rings. The van der Waals surface area contributed by atoms with Gasteiger partial charge in [0.2, 0.25) is 0 Å². The Kier molecular flexibility index (Phi) is 7.79. The van der Waals surface area contributed by atoms with Crippen LogP contribution in [-0.2, 0) is 17.9 Å². The lowest BCUT2D eigenvalue weighted by molar-refractivity contribution is 0.103. The van der Waals surface area contributed by atoms with Crippen molar-refractivity contribution in [2.24, 2.45) is 0 Å². The number of ether oxygens (including phenoxy) is 3. The number of benzene rings is 2. The van der Waals surface area contributed by atoms with Crippen LogP contribution in [0.4, 0.5) is 0 Å². The van der Waals surface area contributed by atoms with Crippen LogP contribution in [0, 0.1) is 11.3 Å². The fourth-order valence-corrected chi connectivity index (χ4v) is 3.22. The van der Waals surface area contributed by atoms with Crippen LogP contribution in [0.1, 0.15) is 33.5 Å². The molecule has 0 aliphatic rings. The van der Waals surface area contributed by atoms with Crippen molar-refractivity contribution >= 4 is 5.78 Å². The maximum atomic E-state index is 13.4. The van der Waals surface area contributed by atoms with E-state index in [0.717, 1.165) is 5.56 Å². The molecule has 3 rings (SSSR count). The van der Waals surface area contributed by atoms with E-state index in [1.165, 1.54) is 23.9 Å². The number of methoxy groups -OCH3 is 2. The zero-order valence-corrected chi connectivity index (χ0v) is 18.0. The Morgan fingerprint density at radius 3 is 2.56 bits per heavy atom. The summed E-state index contributed by atoms with van der Waals surface area (Å²) in [7, 11) is 3.08. The van der Waals surface area contributed by atoms with E-state index in [1.54, 1.807) is 25.3 Å². The minimum atomic E-state index is -0.439. The summed E-state index contributed by atoms with van der Waals surface area (Å²) in [5.41, 5.74) is 0.928. The molecule has 1 aromatic heterocycles. The number of hydrogen-bond acceptors (Lipinski definition) is 6. The van der Waals surface area contributed by atoms with E-state index in [9.17, 15) is 14.9 Å². The monoisotopic (exact) mass is 432 g/mol. The number of pyridine rings is 1. The normalized spacial score (nSPS) is 10.4. The SMILES string of the molecule is COCCCn1cc(C(=O)c2cc(OC)ccc2OCc2ccccc2)cc(C#N)c1=O. The molecule has 2 aromatic carbocycles. The molecule has 0 spiro atoms. The lowest BCUT2D eigenvalue weighted by atomic mass is 10.0. The van der Waals surface area contributed by atoms with Crippen molar-refractivity contribution in [3.63, 3.8) is 0 Å². The van der Waals surface area contributed by atoms with Gasteiger partial charge in [-0.1, -0.05) is 30.3 Å². The molecule has 0 saturated heterocycles. The zero-order chi connectivity index (χ0) is 22.9. The molecule has 0 saturated carbocycles. The molecule has 0 bridgehead atoms. The van der Waals surface area contributed by atoms with Crippen molar-refractivity contribution in [3.8, 4) is 17.6 Å². The predicted octanol–water partition coefficient (Wildman–Crippen LogP) is 3.58. The Morgan fingerprint density at radius 1 is 1.09 bits per heavy atom. The summed E-state index contributed by atoms with van der Waals surface area (Å²) < 4.78 is 17.6. The Morgan fingerprint density at radius 2 is 1.88 bits per heavy atom. The number of nitriles is 1. The first-order valence-corrected chi connectivity index (χ1v) is 10.1. The summed E-state index contributed by atoms with van der Waals surface area (Å²) >= 11 is 0. The van der Waals surface area contributed by atoms with Gasteiger partial charge in [-0.25, -0.2) is 0 Å². The molecule has 0 radical (unpaired) electrons. The van der Waals surface area contributed by atoms with Gasteiger partial charge in [0.25, 0.3) is 5.56 Å². The first-order valence-electron chi connectivity index (χ1n) is 10.1. The van der Waals surface area contributed by atoms with Gasteiger partial charge in [0.05, 0.1) is 12.7 Å². The average Bonchev–Trinajstić information content (AvgIpc) is 2.84. The molecule has 7 nitrogen and oxygen atoms in total. The third kappa shape index (κ3) is 5.42. The van der Waals surface area contributed by atoms with Crippen LogP contribution in [0.2, 0.25) is 0 Å². The molecule has 0 aliphatic heterocycles. The van der Waals surface area contributed by atoms with Crippen molar-refractivity contribution in [3.05, 3.63) is 93.4 Å². The number of aryl methyl sites for hydroxylation is 1. The highest BCUT2D eigenvalue weighted by Crippen LogP contribution is 2.27. The third-order valence-electron chi connectivity index (χ3n) is 4.88. The van der Waals surface area contributed by atoms with Crippen molar-refractivity contribution in [1.82, 2.24) is 4.57 Å². The number of aromatic nitrogens is 1. The highest BCUT2D eigenvalue weighted by Gasteiger charge is 2.19. The second-order valence-electron chi connectivity index (χ2n) is 7.06. The number of rotatable bonds is 10. The quantitative estimate of drug-likeness (QED) is 0.359. The summed E-state index contributed by atoms with van der Waals surface area (Å²) in [6.45, 7) is 1.07. The van der Waals surface area contributed by atoms with Crippen LogP contribution in [0.3, 0.4) is 0 Å². The fraction of sp³-hybridized carbons (Fsp3) is 0.240. The molecule has 0 fully saturated rings. The second-order valence-corrected chi connectivity index (χ2v) is 7.06. The molecule has 0 atom stereocenters. The van der Waals surface area contributed by atoms with Gasteiger partial charge in [0.15, 0.2) is 5.78 Å². The predicted molar refractivity (Wildman–Crippen MR) is 119 cm³/mol. The van der Waals surface area contributed by atoms with Crippen molar-refractivity contribution in [1.29, 1.82) is 5.26 Å². The smallest absolute Gasteiger partial charge is 0.268 e. The zero-order valence-electron chi connectivity index (χ0n) is 18.0. The van der Waals surface area contributed by atoms with E-state index in [2.05, 4.69) is 0 Å². The molecular weight excluding hydrogens is 408 g/mol. The third-order valence-corrected chi connectivity index (χ3v) is 4.88. The van der Waals surface area contributed by atoms with Gasteiger partial charge in [-0.2, -0.15) is 5.26 Å². The van der Waals surface area contributed by atoms with Crippen LogP contribution in [0.5, 0.6) is 11.5 Å². The second kappa shape index (κ2) is 10.9.